The van der Waals surface area contributed by atoms with Crippen molar-refractivity contribution < 1.29 is 14.6 Å². The lowest BCUT2D eigenvalue weighted by molar-refractivity contribution is 0.0487. The van der Waals surface area contributed by atoms with Crippen molar-refractivity contribution in [3.8, 4) is 5.75 Å². The number of hydrogen-bond donors (Lipinski definition) is 2. The van der Waals surface area contributed by atoms with E-state index in [0.29, 0.717) is 6.61 Å². The molecule has 1 aromatic carbocycles. The highest BCUT2D eigenvalue weighted by molar-refractivity contribution is 5.85. The summed E-state index contributed by atoms with van der Waals surface area (Å²) in [7, 11) is 0. The van der Waals surface area contributed by atoms with Crippen LogP contribution in [0.2, 0.25) is 0 Å². The topological polar surface area (TPSA) is 75.2 Å². The molecule has 1 heterocycles. The Labute approximate surface area is 104 Å². The molecule has 0 spiro atoms. The van der Waals surface area contributed by atoms with Crippen LogP contribution >= 0.6 is 0 Å². The minimum atomic E-state index is -0.439. The Hall–Kier alpha value is -2.30. The third kappa shape index (κ3) is 3.35. The highest BCUT2D eigenvalue weighted by Gasteiger charge is 2.08. The molecule has 0 unspecified atom stereocenters. The third-order valence-corrected chi connectivity index (χ3v) is 2.47. The average molecular weight is 246 g/mol. The van der Waals surface area contributed by atoms with Crippen molar-refractivity contribution in [3.63, 3.8) is 0 Å². The molecule has 0 amide bonds. The number of aromatic amines is 1. The fraction of sp³-hybridized carbons (Fsp3) is 0.231. The van der Waals surface area contributed by atoms with Gasteiger partial charge in [0.2, 0.25) is 5.82 Å². The second-order valence-electron chi connectivity index (χ2n) is 3.84. The van der Waals surface area contributed by atoms with E-state index in [2.05, 4.69) is 9.97 Å². The molecule has 5 heteroatoms. The maximum Gasteiger partial charge on any atom is 0.374 e. The molecule has 0 aliphatic heterocycles. The summed E-state index contributed by atoms with van der Waals surface area (Å²) < 4.78 is 5.05. The van der Waals surface area contributed by atoms with E-state index in [4.69, 9.17) is 9.84 Å². The number of rotatable bonds is 5. The summed E-state index contributed by atoms with van der Waals surface area (Å²) in [6, 6.07) is 6.99. The second kappa shape index (κ2) is 5.86. The number of H-pyrrole nitrogens is 1. The van der Waals surface area contributed by atoms with Crippen molar-refractivity contribution in [1.29, 1.82) is 0 Å². The summed E-state index contributed by atoms with van der Waals surface area (Å²) in [5, 5.41) is 9.13. The number of carbonyl (C=O) groups is 1. The van der Waals surface area contributed by atoms with E-state index in [0.717, 1.165) is 18.4 Å². The SMILES string of the molecule is O=C(OCCCc1ccc(O)cc1)c1ncc[nH]1. The van der Waals surface area contributed by atoms with Gasteiger partial charge in [0, 0.05) is 12.4 Å². The number of carbonyl (C=O) groups excluding carboxylic acids is 1. The van der Waals surface area contributed by atoms with Gasteiger partial charge < -0.3 is 14.8 Å². The minimum Gasteiger partial charge on any atom is -0.508 e. The molecule has 0 saturated carbocycles. The summed E-state index contributed by atoms with van der Waals surface area (Å²) in [5.74, 6) is 0.0355. The first-order valence-electron chi connectivity index (χ1n) is 5.70. The number of aromatic hydroxyl groups is 1. The Bertz CT molecular complexity index is 491. The first kappa shape index (κ1) is 12.2. The molecule has 0 aliphatic carbocycles. The molecular weight excluding hydrogens is 232 g/mol. The highest BCUT2D eigenvalue weighted by Crippen LogP contribution is 2.11. The zero-order chi connectivity index (χ0) is 12.8. The molecular formula is C13H14N2O3. The Balaban J connectivity index is 1.70. The molecule has 1 aromatic heterocycles. The molecule has 2 aromatic rings. The van der Waals surface area contributed by atoms with Crippen LogP contribution in [0.3, 0.4) is 0 Å². The van der Waals surface area contributed by atoms with Gasteiger partial charge in [0.1, 0.15) is 5.75 Å². The monoisotopic (exact) mass is 246 g/mol. The van der Waals surface area contributed by atoms with Crippen LogP contribution in [-0.2, 0) is 11.2 Å². The molecule has 2 N–H and O–H groups in total. The number of ether oxygens (including phenoxy) is 1. The predicted octanol–water partition coefficient (Wildman–Crippen LogP) is 1.90. The van der Waals surface area contributed by atoms with Crippen LogP contribution in [0.15, 0.2) is 36.7 Å². The Morgan fingerprint density at radius 1 is 1.33 bits per heavy atom. The van der Waals surface area contributed by atoms with Crippen molar-refractivity contribution in [2.24, 2.45) is 0 Å². The Morgan fingerprint density at radius 3 is 2.78 bits per heavy atom. The molecule has 0 radical (unpaired) electrons. The zero-order valence-corrected chi connectivity index (χ0v) is 9.80. The quantitative estimate of drug-likeness (QED) is 0.624. The molecule has 18 heavy (non-hydrogen) atoms. The van der Waals surface area contributed by atoms with Gasteiger partial charge in [0.25, 0.3) is 0 Å². The van der Waals surface area contributed by atoms with Crippen LogP contribution in [0, 0.1) is 0 Å². The van der Waals surface area contributed by atoms with Crippen LogP contribution in [-0.4, -0.2) is 27.7 Å². The minimum absolute atomic E-state index is 0.222. The summed E-state index contributed by atoms with van der Waals surface area (Å²) in [5.41, 5.74) is 1.10. The number of nitrogens with zero attached hydrogens (tertiary/aromatic N) is 1. The molecule has 2 rings (SSSR count). The van der Waals surface area contributed by atoms with Gasteiger partial charge in [0.15, 0.2) is 0 Å². The van der Waals surface area contributed by atoms with E-state index < -0.39 is 5.97 Å². The normalized spacial score (nSPS) is 10.2. The fourth-order valence-electron chi connectivity index (χ4n) is 1.55. The average Bonchev–Trinajstić information content (AvgIpc) is 2.90. The van der Waals surface area contributed by atoms with Gasteiger partial charge in [-0.1, -0.05) is 12.1 Å². The smallest absolute Gasteiger partial charge is 0.374 e. The molecule has 94 valence electrons. The van der Waals surface area contributed by atoms with Crippen LogP contribution in [0.1, 0.15) is 22.6 Å². The summed E-state index contributed by atoms with van der Waals surface area (Å²) >= 11 is 0. The van der Waals surface area contributed by atoms with Crippen LogP contribution < -0.4 is 0 Å². The van der Waals surface area contributed by atoms with E-state index in [1.165, 1.54) is 6.20 Å². The number of nitrogens with one attached hydrogen (secondary N) is 1. The summed E-state index contributed by atoms with van der Waals surface area (Å²) in [6.07, 6.45) is 4.61. The van der Waals surface area contributed by atoms with Gasteiger partial charge in [-0.05, 0) is 30.5 Å². The summed E-state index contributed by atoms with van der Waals surface area (Å²) in [4.78, 5) is 17.9. The largest absolute Gasteiger partial charge is 0.508 e. The number of aryl methyl sites for hydroxylation is 1. The molecule has 0 fully saturated rings. The predicted molar refractivity (Wildman–Crippen MR) is 65.3 cm³/mol. The van der Waals surface area contributed by atoms with Crippen molar-refractivity contribution in [3.05, 3.63) is 48.0 Å². The highest BCUT2D eigenvalue weighted by atomic mass is 16.5. The fourth-order valence-corrected chi connectivity index (χ4v) is 1.55. The number of phenols is 1. The van der Waals surface area contributed by atoms with Gasteiger partial charge in [-0.2, -0.15) is 0 Å². The van der Waals surface area contributed by atoms with E-state index in [1.54, 1.807) is 18.3 Å². The van der Waals surface area contributed by atoms with Crippen molar-refractivity contribution in [2.75, 3.05) is 6.61 Å². The van der Waals surface area contributed by atoms with E-state index in [1.807, 2.05) is 12.1 Å². The van der Waals surface area contributed by atoms with Crippen molar-refractivity contribution in [2.45, 2.75) is 12.8 Å². The summed E-state index contributed by atoms with van der Waals surface area (Å²) in [6.45, 7) is 0.348. The van der Waals surface area contributed by atoms with Crippen LogP contribution in [0.5, 0.6) is 5.75 Å². The number of phenolic OH excluding ortho intramolecular Hbond substituents is 1. The van der Waals surface area contributed by atoms with E-state index >= 15 is 0 Å². The molecule has 5 nitrogen and oxygen atoms in total. The Morgan fingerprint density at radius 2 is 2.11 bits per heavy atom. The first-order chi connectivity index (χ1) is 8.75. The van der Waals surface area contributed by atoms with Gasteiger partial charge in [0.05, 0.1) is 6.61 Å². The van der Waals surface area contributed by atoms with Crippen LogP contribution in [0.25, 0.3) is 0 Å². The maximum absolute atomic E-state index is 11.4. The number of aromatic nitrogens is 2. The standard InChI is InChI=1S/C13H14N2O3/c16-11-5-3-10(4-6-11)2-1-9-18-13(17)12-14-7-8-15-12/h3-8,16H,1-2,9H2,(H,14,15). The lowest BCUT2D eigenvalue weighted by Crippen LogP contribution is -2.08. The number of hydrogen-bond acceptors (Lipinski definition) is 4. The Kier molecular flexibility index (Phi) is 3.96. The first-order valence-corrected chi connectivity index (χ1v) is 5.70. The number of imidazole rings is 1. The van der Waals surface area contributed by atoms with Gasteiger partial charge >= 0.3 is 5.97 Å². The zero-order valence-electron chi connectivity index (χ0n) is 9.80. The van der Waals surface area contributed by atoms with Crippen LogP contribution in [0.4, 0.5) is 0 Å². The van der Waals surface area contributed by atoms with Crippen molar-refractivity contribution >= 4 is 5.97 Å². The third-order valence-electron chi connectivity index (χ3n) is 2.47. The maximum atomic E-state index is 11.4. The molecule has 0 aliphatic rings. The lowest BCUT2D eigenvalue weighted by Gasteiger charge is -2.03. The number of esters is 1. The van der Waals surface area contributed by atoms with Gasteiger partial charge in [-0.15, -0.1) is 0 Å². The van der Waals surface area contributed by atoms with E-state index in [-0.39, 0.29) is 11.6 Å². The van der Waals surface area contributed by atoms with Gasteiger partial charge in [-0.3, -0.25) is 0 Å². The van der Waals surface area contributed by atoms with Gasteiger partial charge in [-0.25, -0.2) is 9.78 Å². The molecule has 0 bridgehead atoms. The second-order valence-corrected chi connectivity index (χ2v) is 3.84. The molecule has 0 saturated heterocycles. The van der Waals surface area contributed by atoms with Crippen molar-refractivity contribution in [1.82, 2.24) is 9.97 Å². The van der Waals surface area contributed by atoms with E-state index in [9.17, 15) is 4.79 Å². The molecule has 0 atom stereocenters. The lowest BCUT2D eigenvalue weighted by atomic mass is 10.1. The number of benzene rings is 1.